The van der Waals surface area contributed by atoms with Gasteiger partial charge >= 0.3 is 5.97 Å². The minimum Gasteiger partial charge on any atom is -0.493 e. The number of rotatable bonds is 6. The molecule has 200 valence electrons. The molecule has 1 aliphatic carbocycles. The maximum atomic E-state index is 13.3. The highest BCUT2D eigenvalue weighted by Gasteiger charge is 2.37. The van der Waals surface area contributed by atoms with Crippen LogP contribution in [0, 0.1) is 18.3 Å². The lowest BCUT2D eigenvalue weighted by Crippen LogP contribution is -2.38. The number of ether oxygens (including phenoxy) is 2. The molecule has 0 fully saturated rings. The lowest BCUT2D eigenvalue weighted by Gasteiger charge is -2.36. The molecule has 2 aromatic carbocycles. The molecule has 1 amide bonds. The number of methoxy groups -OCH3 is 1. The number of nitrogens with one attached hydrogen (secondary N) is 2. The van der Waals surface area contributed by atoms with Gasteiger partial charge in [0.15, 0.2) is 11.5 Å². The molecule has 6 nitrogen and oxygen atoms in total. The van der Waals surface area contributed by atoms with Crippen LogP contribution in [0.5, 0.6) is 11.5 Å². The number of halogens is 1. The Morgan fingerprint density at radius 3 is 2.61 bits per heavy atom. The third kappa shape index (κ3) is 4.96. The molecular formula is C30H33BrN2O4S. The summed E-state index contributed by atoms with van der Waals surface area (Å²) in [5.74, 6) is 0.778. The molecule has 0 unspecified atom stereocenters. The molecule has 0 bridgehead atoms. The number of hydrogen-bond donors (Lipinski definition) is 2. The Morgan fingerprint density at radius 2 is 1.92 bits per heavy atom. The molecule has 5 rings (SSSR count). The van der Waals surface area contributed by atoms with Crippen LogP contribution in [0.4, 0.5) is 5.00 Å². The minimum atomic E-state index is -0.473. The Labute approximate surface area is 236 Å². The summed E-state index contributed by atoms with van der Waals surface area (Å²) in [5, 5.41) is 7.58. The van der Waals surface area contributed by atoms with E-state index in [2.05, 4.69) is 47.3 Å². The summed E-state index contributed by atoms with van der Waals surface area (Å²) in [6, 6.07) is 10.8. The van der Waals surface area contributed by atoms with Crippen molar-refractivity contribution in [2.45, 2.75) is 59.5 Å². The van der Waals surface area contributed by atoms with Crippen LogP contribution in [0.3, 0.4) is 0 Å². The topological polar surface area (TPSA) is 76.7 Å². The second-order valence-corrected chi connectivity index (χ2v) is 12.8. The Kier molecular flexibility index (Phi) is 7.31. The molecule has 2 heterocycles. The normalized spacial score (nSPS) is 18.6. The van der Waals surface area contributed by atoms with Gasteiger partial charge in [-0.05, 0) is 88.8 Å². The molecule has 8 heteroatoms. The standard InChI is InChI=1S/C30H33BrN2O4S/c1-6-30(3,4)19-11-12-20-23(15-19)38-28-24(20)27(34)32-26(33-28)18-13-21(31)25(22(14-18)36-5)37-29(35)17-9-7-16(2)8-10-17/h7-10,13-14,19,26,33H,6,11-12,15H2,1-5H3,(H,32,34)/t19-,26+/m0/s1. The lowest BCUT2D eigenvalue weighted by molar-refractivity contribution is 0.0728. The summed E-state index contributed by atoms with van der Waals surface area (Å²) in [5.41, 5.74) is 4.59. The molecule has 2 atom stereocenters. The largest absolute Gasteiger partial charge is 0.493 e. The van der Waals surface area contributed by atoms with Crippen LogP contribution in [0.1, 0.15) is 82.1 Å². The molecule has 2 aliphatic rings. The number of amides is 1. The first-order valence-corrected chi connectivity index (χ1v) is 14.6. The SMILES string of the molecule is CCC(C)(C)[C@H]1CCc2c(sc3c2C(=O)N[C@@H](c2cc(Br)c(OC(=O)c4ccc(C)cc4)c(OC)c2)N3)C1. The van der Waals surface area contributed by atoms with Crippen molar-refractivity contribution in [2.24, 2.45) is 11.3 Å². The van der Waals surface area contributed by atoms with Crippen molar-refractivity contribution in [3.8, 4) is 11.5 Å². The predicted octanol–water partition coefficient (Wildman–Crippen LogP) is 7.44. The number of anilines is 1. The second kappa shape index (κ2) is 10.4. The summed E-state index contributed by atoms with van der Waals surface area (Å²) < 4.78 is 11.8. The van der Waals surface area contributed by atoms with E-state index in [0.29, 0.717) is 27.5 Å². The van der Waals surface area contributed by atoms with Gasteiger partial charge in [-0.1, -0.05) is 44.9 Å². The maximum Gasteiger partial charge on any atom is 0.343 e. The fraction of sp³-hybridized carbons (Fsp3) is 0.400. The smallest absolute Gasteiger partial charge is 0.343 e. The van der Waals surface area contributed by atoms with Crippen LogP contribution in [-0.2, 0) is 12.8 Å². The number of fused-ring (bicyclic) bond motifs is 3. The molecule has 0 saturated carbocycles. The molecule has 0 radical (unpaired) electrons. The van der Waals surface area contributed by atoms with Crippen molar-refractivity contribution in [3.63, 3.8) is 0 Å². The lowest BCUT2D eigenvalue weighted by atomic mass is 9.69. The van der Waals surface area contributed by atoms with Gasteiger partial charge in [0.05, 0.1) is 22.7 Å². The van der Waals surface area contributed by atoms with Crippen LogP contribution in [0.15, 0.2) is 40.9 Å². The Hall–Kier alpha value is -2.84. The van der Waals surface area contributed by atoms with E-state index in [9.17, 15) is 9.59 Å². The van der Waals surface area contributed by atoms with E-state index in [0.717, 1.165) is 47.4 Å². The monoisotopic (exact) mass is 596 g/mol. The molecule has 0 saturated heterocycles. The van der Waals surface area contributed by atoms with Crippen molar-refractivity contribution >= 4 is 44.1 Å². The Morgan fingerprint density at radius 1 is 1.18 bits per heavy atom. The van der Waals surface area contributed by atoms with Crippen molar-refractivity contribution in [1.29, 1.82) is 0 Å². The van der Waals surface area contributed by atoms with Gasteiger partial charge in [0.1, 0.15) is 11.2 Å². The molecule has 0 spiro atoms. The van der Waals surface area contributed by atoms with Crippen LogP contribution < -0.4 is 20.1 Å². The average molecular weight is 598 g/mol. The van der Waals surface area contributed by atoms with E-state index in [1.807, 2.05) is 25.1 Å². The zero-order valence-corrected chi connectivity index (χ0v) is 24.8. The fourth-order valence-electron chi connectivity index (χ4n) is 5.27. The Balaban J connectivity index is 1.39. The number of hydrogen-bond acceptors (Lipinski definition) is 6. The molecule has 2 N–H and O–H groups in total. The van der Waals surface area contributed by atoms with Gasteiger partial charge in [0.25, 0.3) is 5.91 Å². The van der Waals surface area contributed by atoms with Gasteiger partial charge in [0.2, 0.25) is 0 Å². The van der Waals surface area contributed by atoms with Crippen molar-refractivity contribution in [3.05, 3.63) is 73.6 Å². The van der Waals surface area contributed by atoms with E-state index in [-0.39, 0.29) is 11.3 Å². The summed E-state index contributed by atoms with van der Waals surface area (Å²) in [6.45, 7) is 8.92. The molecule has 1 aliphatic heterocycles. The fourth-order valence-corrected chi connectivity index (χ4v) is 7.16. The first-order valence-electron chi connectivity index (χ1n) is 13.0. The summed E-state index contributed by atoms with van der Waals surface area (Å²) in [7, 11) is 1.53. The van der Waals surface area contributed by atoms with Crippen LogP contribution >= 0.6 is 27.3 Å². The summed E-state index contributed by atoms with van der Waals surface area (Å²) >= 11 is 5.26. The molecule has 38 heavy (non-hydrogen) atoms. The maximum absolute atomic E-state index is 13.3. The van der Waals surface area contributed by atoms with E-state index < -0.39 is 12.1 Å². The van der Waals surface area contributed by atoms with Gasteiger partial charge in [-0.3, -0.25) is 4.79 Å². The van der Waals surface area contributed by atoms with Crippen LogP contribution in [-0.4, -0.2) is 19.0 Å². The van der Waals surface area contributed by atoms with Crippen molar-refractivity contribution in [1.82, 2.24) is 5.32 Å². The third-order valence-corrected chi connectivity index (χ3v) is 9.90. The first-order chi connectivity index (χ1) is 18.1. The predicted molar refractivity (Wildman–Crippen MR) is 155 cm³/mol. The zero-order valence-electron chi connectivity index (χ0n) is 22.4. The number of esters is 1. The van der Waals surface area contributed by atoms with Crippen LogP contribution in [0.25, 0.3) is 0 Å². The van der Waals surface area contributed by atoms with Gasteiger partial charge in [-0.15, -0.1) is 11.3 Å². The number of carbonyl (C=O) groups is 2. The zero-order chi connectivity index (χ0) is 27.2. The minimum absolute atomic E-state index is 0.0561. The highest BCUT2D eigenvalue weighted by molar-refractivity contribution is 9.10. The quantitative estimate of drug-likeness (QED) is 0.228. The van der Waals surface area contributed by atoms with Gasteiger partial charge < -0.3 is 20.1 Å². The van der Waals surface area contributed by atoms with E-state index in [1.165, 1.54) is 17.6 Å². The number of carbonyl (C=O) groups excluding carboxylic acids is 2. The van der Waals surface area contributed by atoms with E-state index in [4.69, 9.17) is 9.47 Å². The Bertz CT molecular complexity index is 1400. The second-order valence-electron chi connectivity index (χ2n) is 10.8. The number of benzene rings is 2. The molecule has 3 aromatic rings. The molecular weight excluding hydrogens is 564 g/mol. The first kappa shape index (κ1) is 26.8. The van der Waals surface area contributed by atoms with Gasteiger partial charge in [0, 0.05) is 4.88 Å². The van der Waals surface area contributed by atoms with E-state index >= 15 is 0 Å². The van der Waals surface area contributed by atoms with Crippen molar-refractivity contribution in [2.75, 3.05) is 12.4 Å². The summed E-state index contributed by atoms with van der Waals surface area (Å²) in [6.07, 6.45) is 3.78. The highest BCUT2D eigenvalue weighted by Crippen LogP contribution is 2.47. The van der Waals surface area contributed by atoms with E-state index in [1.54, 1.807) is 29.5 Å². The summed E-state index contributed by atoms with van der Waals surface area (Å²) in [4.78, 5) is 27.4. The van der Waals surface area contributed by atoms with Gasteiger partial charge in [-0.2, -0.15) is 0 Å². The van der Waals surface area contributed by atoms with Crippen LogP contribution in [0.2, 0.25) is 0 Å². The number of thiophene rings is 1. The third-order valence-electron chi connectivity index (χ3n) is 8.13. The van der Waals surface area contributed by atoms with Gasteiger partial charge in [-0.25, -0.2) is 4.79 Å². The number of aryl methyl sites for hydroxylation is 1. The molecule has 1 aromatic heterocycles. The average Bonchev–Trinajstić information content (AvgIpc) is 3.28. The highest BCUT2D eigenvalue weighted by atomic mass is 79.9. The van der Waals surface area contributed by atoms with Crippen molar-refractivity contribution < 1.29 is 19.1 Å².